The van der Waals surface area contributed by atoms with E-state index in [-0.39, 0.29) is 19.2 Å². The van der Waals surface area contributed by atoms with E-state index in [1.54, 1.807) is 4.90 Å². The van der Waals surface area contributed by atoms with Crippen molar-refractivity contribution in [3.63, 3.8) is 0 Å². The van der Waals surface area contributed by atoms with Crippen molar-refractivity contribution in [2.45, 2.75) is 18.5 Å². The Labute approximate surface area is 112 Å². The Balaban J connectivity index is 1.86. The summed E-state index contributed by atoms with van der Waals surface area (Å²) in [7, 11) is 3.99. The summed E-state index contributed by atoms with van der Waals surface area (Å²) in [6.07, 6.45) is 0.948. The number of carbonyl (C=O) groups is 2. The highest BCUT2D eigenvalue weighted by Crippen LogP contribution is 2.17. The molecule has 0 aliphatic carbocycles. The molecule has 19 heavy (non-hydrogen) atoms. The van der Waals surface area contributed by atoms with E-state index < -0.39 is 17.9 Å². The van der Waals surface area contributed by atoms with Crippen molar-refractivity contribution in [2.75, 3.05) is 40.4 Å². The highest BCUT2D eigenvalue weighted by Gasteiger charge is 2.37. The van der Waals surface area contributed by atoms with Gasteiger partial charge in [-0.05, 0) is 20.5 Å². The average Bonchev–Trinajstić information content (AvgIpc) is 2.96. The van der Waals surface area contributed by atoms with E-state index in [1.165, 1.54) is 0 Å². The lowest BCUT2D eigenvalue weighted by Gasteiger charge is -2.23. The predicted molar refractivity (Wildman–Crippen MR) is 67.9 cm³/mol. The zero-order chi connectivity index (χ0) is 14.0. The molecule has 0 saturated carbocycles. The molecule has 7 nitrogen and oxygen atoms in total. The summed E-state index contributed by atoms with van der Waals surface area (Å²) < 4.78 is 5.13. The molecule has 2 aliphatic heterocycles. The lowest BCUT2D eigenvalue weighted by molar-refractivity contribution is -0.142. The molecule has 2 rings (SSSR count). The van der Waals surface area contributed by atoms with Crippen LogP contribution in [0.5, 0.6) is 0 Å². The first kappa shape index (κ1) is 14.1. The number of carboxylic acid groups (broad SMARTS) is 1. The molecule has 7 heteroatoms. The van der Waals surface area contributed by atoms with E-state index in [2.05, 4.69) is 10.2 Å². The van der Waals surface area contributed by atoms with E-state index in [4.69, 9.17) is 9.84 Å². The Morgan fingerprint density at radius 2 is 2.11 bits per heavy atom. The van der Waals surface area contributed by atoms with Crippen LogP contribution in [0.2, 0.25) is 0 Å². The van der Waals surface area contributed by atoms with Crippen molar-refractivity contribution >= 4 is 12.0 Å². The number of urea groups is 1. The minimum absolute atomic E-state index is 0.167. The van der Waals surface area contributed by atoms with Crippen molar-refractivity contribution < 1.29 is 19.4 Å². The SMILES string of the molecule is CN(C)C1CCN(C(=O)NC2COCC2C(=O)O)C1. The van der Waals surface area contributed by atoms with Crippen LogP contribution < -0.4 is 5.32 Å². The largest absolute Gasteiger partial charge is 0.481 e. The minimum Gasteiger partial charge on any atom is -0.481 e. The monoisotopic (exact) mass is 271 g/mol. The standard InChI is InChI=1S/C12H21N3O4/c1-14(2)8-3-4-15(5-8)12(18)13-10-7-19-6-9(10)11(16)17/h8-10H,3-7H2,1-2H3,(H,13,18)(H,16,17). The first-order valence-corrected chi connectivity index (χ1v) is 6.51. The van der Waals surface area contributed by atoms with Gasteiger partial charge in [-0.2, -0.15) is 0 Å². The van der Waals surface area contributed by atoms with Crippen molar-refractivity contribution in [3.8, 4) is 0 Å². The molecule has 2 N–H and O–H groups in total. The van der Waals surface area contributed by atoms with E-state index in [1.807, 2.05) is 14.1 Å². The van der Waals surface area contributed by atoms with Gasteiger partial charge < -0.3 is 25.0 Å². The fourth-order valence-electron chi connectivity index (χ4n) is 2.54. The summed E-state index contributed by atoms with van der Waals surface area (Å²) in [5.41, 5.74) is 0. The normalized spacial score (nSPS) is 30.9. The quantitative estimate of drug-likeness (QED) is 0.718. The maximum Gasteiger partial charge on any atom is 0.317 e. The fraction of sp³-hybridized carbons (Fsp3) is 0.833. The number of nitrogens with zero attached hydrogens (tertiary/aromatic N) is 2. The van der Waals surface area contributed by atoms with Gasteiger partial charge in [-0.25, -0.2) is 4.79 Å². The topological polar surface area (TPSA) is 82.1 Å². The van der Waals surface area contributed by atoms with E-state index in [0.29, 0.717) is 19.1 Å². The Hall–Kier alpha value is -1.34. The van der Waals surface area contributed by atoms with Gasteiger partial charge in [-0.15, -0.1) is 0 Å². The fourth-order valence-corrected chi connectivity index (χ4v) is 2.54. The van der Waals surface area contributed by atoms with Crippen LogP contribution >= 0.6 is 0 Å². The minimum atomic E-state index is -0.921. The third-order valence-corrected chi connectivity index (χ3v) is 3.89. The van der Waals surface area contributed by atoms with Crippen molar-refractivity contribution in [3.05, 3.63) is 0 Å². The number of hydrogen-bond donors (Lipinski definition) is 2. The van der Waals surface area contributed by atoms with Gasteiger partial charge in [0.2, 0.25) is 0 Å². The van der Waals surface area contributed by atoms with Crippen LogP contribution in [0.3, 0.4) is 0 Å². The van der Waals surface area contributed by atoms with Gasteiger partial charge >= 0.3 is 12.0 Å². The zero-order valence-corrected chi connectivity index (χ0v) is 11.3. The maximum atomic E-state index is 12.1. The second-order valence-corrected chi connectivity index (χ2v) is 5.39. The lowest BCUT2D eigenvalue weighted by atomic mass is 10.0. The van der Waals surface area contributed by atoms with Gasteiger partial charge in [0.25, 0.3) is 0 Å². The van der Waals surface area contributed by atoms with Crippen LogP contribution in [0.1, 0.15) is 6.42 Å². The van der Waals surface area contributed by atoms with Crippen molar-refractivity contribution in [2.24, 2.45) is 5.92 Å². The number of nitrogens with one attached hydrogen (secondary N) is 1. The predicted octanol–water partition coefficient (Wildman–Crippen LogP) is -0.568. The van der Waals surface area contributed by atoms with Crippen LogP contribution in [0.25, 0.3) is 0 Å². The summed E-state index contributed by atoms with van der Waals surface area (Å²) >= 11 is 0. The maximum absolute atomic E-state index is 12.1. The second kappa shape index (κ2) is 5.75. The van der Waals surface area contributed by atoms with Gasteiger partial charge in [-0.3, -0.25) is 4.79 Å². The molecule has 0 aromatic heterocycles. The number of ether oxygens (including phenoxy) is 1. The molecule has 3 unspecified atom stereocenters. The molecule has 3 atom stereocenters. The second-order valence-electron chi connectivity index (χ2n) is 5.39. The molecule has 0 aromatic rings. The molecule has 0 bridgehead atoms. The summed E-state index contributed by atoms with van der Waals surface area (Å²) in [6, 6.07) is -0.240. The first-order valence-electron chi connectivity index (χ1n) is 6.51. The molecule has 2 aliphatic rings. The Morgan fingerprint density at radius 3 is 2.68 bits per heavy atom. The molecule has 2 heterocycles. The van der Waals surface area contributed by atoms with Crippen LogP contribution in [0.15, 0.2) is 0 Å². The number of amides is 2. The number of aliphatic carboxylic acids is 1. The average molecular weight is 271 g/mol. The van der Waals surface area contributed by atoms with Crippen molar-refractivity contribution in [1.82, 2.24) is 15.1 Å². The Morgan fingerprint density at radius 1 is 1.37 bits per heavy atom. The van der Waals surface area contributed by atoms with E-state index >= 15 is 0 Å². The smallest absolute Gasteiger partial charge is 0.317 e. The number of carboxylic acids is 1. The molecule has 2 fully saturated rings. The lowest BCUT2D eigenvalue weighted by Crippen LogP contribution is -2.48. The van der Waals surface area contributed by atoms with E-state index in [9.17, 15) is 9.59 Å². The van der Waals surface area contributed by atoms with Gasteiger partial charge in [0.1, 0.15) is 5.92 Å². The van der Waals surface area contributed by atoms with Gasteiger partial charge in [0, 0.05) is 19.1 Å². The summed E-state index contributed by atoms with van der Waals surface area (Å²) in [6.45, 7) is 1.83. The molecule has 2 amide bonds. The van der Waals surface area contributed by atoms with Crippen LogP contribution in [-0.2, 0) is 9.53 Å². The number of carbonyl (C=O) groups excluding carboxylic acids is 1. The number of hydrogen-bond acceptors (Lipinski definition) is 4. The Bertz CT molecular complexity index is 361. The molecule has 0 aromatic carbocycles. The number of likely N-dealkylation sites (tertiary alicyclic amines) is 1. The van der Waals surface area contributed by atoms with Crippen LogP contribution in [0.4, 0.5) is 4.79 Å². The zero-order valence-electron chi connectivity index (χ0n) is 11.3. The van der Waals surface area contributed by atoms with Gasteiger partial charge in [0.15, 0.2) is 0 Å². The highest BCUT2D eigenvalue weighted by molar-refractivity contribution is 5.77. The molecular formula is C12H21N3O4. The summed E-state index contributed by atoms with van der Waals surface area (Å²) in [4.78, 5) is 26.9. The van der Waals surface area contributed by atoms with Crippen LogP contribution in [0, 0.1) is 5.92 Å². The first-order chi connectivity index (χ1) is 8.99. The molecule has 0 radical (unpaired) electrons. The van der Waals surface area contributed by atoms with Crippen molar-refractivity contribution in [1.29, 1.82) is 0 Å². The van der Waals surface area contributed by atoms with Gasteiger partial charge in [0.05, 0.1) is 19.3 Å². The summed E-state index contributed by atoms with van der Waals surface area (Å²) in [5.74, 6) is -1.56. The molecule has 0 spiro atoms. The molecular weight excluding hydrogens is 250 g/mol. The molecule has 108 valence electrons. The third kappa shape index (κ3) is 3.16. The highest BCUT2D eigenvalue weighted by atomic mass is 16.5. The molecule has 2 saturated heterocycles. The summed E-state index contributed by atoms with van der Waals surface area (Å²) in [5, 5.41) is 11.8. The van der Waals surface area contributed by atoms with E-state index in [0.717, 1.165) is 6.42 Å². The third-order valence-electron chi connectivity index (χ3n) is 3.89. The van der Waals surface area contributed by atoms with Crippen LogP contribution in [-0.4, -0.2) is 79.4 Å². The van der Waals surface area contributed by atoms with Gasteiger partial charge in [-0.1, -0.05) is 0 Å². The number of likely N-dealkylation sites (N-methyl/N-ethyl adjacent to an activating group) is 1. The Kier molecular flexibility index (Phi) is 4.26. The number of rotatable bonds is 3.